The maximum atomic E-state index is 13.9. The Morgan fingerprint density at radius 2 is 1.77 bits per heavy atom. The largest absolute Gasteiger partial charge is 0.618 e. The molecule has 3 rings (SSSR count). The summed E-state index contributed by atoms with van der Waals surface area (Å²) in [6, 6.07) is 14.1. The third kappa shape index (κ3) is 5.68. The summed E-state index contributed by atoms with van der Waals surface area (Å²) in [5.74, 6) is -3.15. The van der Waals surface area contributed by atoms with Crippen LogP contribution in [0.25, 0.3) is 0 Å². The van der Waals surface area contributed by atoms with Gasteiger partial charge in [0.05, 0.1) is 7.11 Å². The highest BCUT2D eigenvalue weighted by molar-refractivity contribution is 5.96. The second kappa shape index (κ2) is 10.9. The van der Waals surface area contributed by atoms with Crippen LogP contribution in [0.5, 0.6) is 11.5 Å². The van der Waals surface area contributed by atoms with Crippen molar-refractivity contribution in [2.45, 2.75) is 38.8 Å². The van der Waals surface area contributed by atoms with E-state index in [-0.39, 0.29) is 16.3 Å². The van der Waals surface area contributed by atoms with Gasteiger partial charge in [-0.1, -0.05) is 42.5 Å². The van der Waals surface area contributed by atoms with Crippen molar-refractivity contribution in [3.8, 4) is 11.5 Å². The molecule has 0 radical (unpaired) electrons. The molecular formula is C26H27FN2O6. The Bertz CT molecular complexity index is 1220. The molecule has 0 unspecified atom stereocenters. The fourth-order valence-electron chi connectivity index (χ4n) is 3.82. The van der Waals surface area contributed by atoms with E-state index in [4.69, 9.17) is 9.47 Å². The number of aryl methyl sites for hydroxylation is 1. The Morgan fingerprint density at radius 1 is 1.09 bits per heavy atom. The number of pyridine rings is 1. The summed E-state index contributed by atoms with van der Waals surface area (Å²) >= 11 is 0. The predicted octanol–water partition coefficient (Wildman–Crippen LogP) is 3.36. The van der Waals surface area contributed by atoms with Crippen LogP contribution in [0.4, 0.5) is 4.39 Å². The summed E-state index contributed by atoms with van der Waals surface area (Å²) in [4.78, 5) is 25.4. The minimum absolute atomic E-state index is 0.0635. The highest BCUT2D eigenvalue weighted by Crippen LogP contribution is 2.31. The van der Waals surface area contributed by atoms with Gasteiger partial charge < -0.3 is 25.1 Å². The number of benzene rings is 2. The lowest BCUT2D eigenvalue weighted by atomic mass is 9.86. The van der Waals surface area contributed by atoms with Crippen molar-refractivity contribution >= 4 is 11.9 Å². The number of esters is 1. The summed E-state index contributed by atoms with van der Waals surface area (Å²) in [6.45, 7) is 4.77. The van der Waals surface area contributed by atoms with Crippen molar-refractivity contribution in [2.24, 2.45) is 0 Å². The van der Waals surface area contributed by atoms with E-state index in [2.05, 4.69) is 5.32 Å². The number of hydrogen-bond acceptors (Lipinski definition) is 6. The van der Waals surface area contributed by atoms with Crippen molar-refractivity contribution in [2.75, 3.05) is 7.11 Å². The van der Waals surface area contributed by atoms with Crippen molar-refractivity contribution < 1.29 is 33.3 Å². The number of carbonyl (C=O) groups is 2. The average molecular weight is 483 g/mol. The SMILES string of the molecule is COc1cc[n+]([O-])c(C(=O)N[C@@H](C)C(=O)O[C@@H](C)[C@@H](c2ccccc2)c2ccc(F)c(C)c2)c1O. The van der Waals surface area contributed by atoms with Gasteiger partial charge in [0, 0.05) is 12.0 Å². The maximum Gasteiger partial charge on any atom is 0.328 e. The number of aromatic hydroxyl groups is 1. The molecule has 184 valence electrons. The lowest BCUT2D eigenvalue weighted by Crippen LogP contribution is -2.46. The molecule has 0 spiro atoms. The number of aromatic nitrogens is 1. The third-order valence-corrected chi connectivity index (χ3v) is 5.65. The zero-order chi connectivity index (χ0) is 25.7. The minimum atomic E-state index is -1.14. The zero-order valence-corrected chi connectivity index (χ0v) is 19.8. The Kier molecular flexibility index (Phi) is 7.91. The van der Waals surface area contributed by atoms with Gasteiger partial charge in [-0.15, -0.1) is 0 Å². The molecule has 2 N–H and O–H groups in total. The molecule has 3 atom stereocenters. The van der Waals surface area contributed by atoms with Crippen LogP contribution in [0.1, 0.15) is 46.9 Å². The molecule has 0 aliphatic heterocycles. The summed E-state index contributed by atoms with van der Waals surface area (Å²) in [6.07, 6.45) is 0.331. The maximum absolute atomic E-state index is 13.9. The van der Waals surface area contributed by atoms with E-state index in [0.717, 1.165) is 17.3 Å². The number of hydrogen-bond donors (Lipinski definition) is 2. The highest BCUT2D eigenvalue weighted by Gasteiger charge is 2.31. The van der Waals surface area contributed by atoms with E-state index >= 15 is 0 Å². The molecule has 0 aliphatic carbocycles. The van der Waals surface area contributed by atoms with Gasteiger partial charge in [-0.3, -0.25) is 4.79 Å². The smallest absolute Gasteiger partial charge is 0.328 e. The molecule has 3 aromatic rings. The van der Waals surface area contributed by atoms with Gasteiger partial charge in [-0.25, -0.2) is 9.18 Å². The Morgan fingerprint density at radius 3 is 2.40 bits per heavy atom. The number of halogens is 1. The van der Waals surface area contributed by atoms with Crippen LogP contribution in [0.3, 0.4) is 0 Å². The molecule has 1 aromatic heterocycles. The van der Waals surface area contributed by atoms with Gasteiger partial charge in [-0.2, -0.15) is 4.73 Å². The quantitative estimate of drug-likeness (QED) is 0.289. The van der Waals surface area contributed by atoms with Crippen LogP contribution in [-0.4, -0.2) is 36.2 Å². The fraction of sp³-hybridized carbons (Fsp3) is 0.269. The summed E-state index contributed by atoms with van der Waals surface area (Å²) in [5.41, 5.74) is 1.48. The number of nitrogens with zero attached hydrogens (tertiary/aromatic N) is 1. The molecule has 8 nitrogen and oxygen atoms in total. The van der Waals surface area contributed by atoms with Crippen LogP contribution >= 0.6 is 0 Å². The van der Waals surface area contributed by atoms with E-state index < -0.39 is 41.4 Å². The number of amides is 1. The number of nitrogens with one attached hydrogen (secondary N) is 1. The lowest BCUT2D eigenvalue weighted by molar-refractivity contribution is -0.608. The van der Waals surface area contributed by atoms with Gasteiger partial charge in [0.25, 0.3) is 0 Å². The topological polar surface area (TPSA) is 112 Å². The van der Waals surface area contributed by atoms with Crippen LogP contribution in [0, 0.1) is 17.9 Å². The van der Waals surface area contributed by atoms with Gasteiger partial charge >= 0.3 is 17.6 Å². The fourth-order valence-corrected chi connectivity index (χ4v) is 3.82. The zero-order valence-electron chi connectivity index (χ0n) is 19.8. The van der Waals surface area contributed by atoms with Gasteiger partial charge in [0.1, 0.15) is 18.0 Å². The summed E-state index contributed by atoms with van der Waals surface area (Å²) in [5, 5.41) is 24.6. The molecule has 35 heavy (non-hydrogen) atoms. The van der Waals surface area contributed by atoms with Crippen LogP contribution in [0.15, 0.2) is 60.8 Å². The second-order valence-electron chi connectivity index (χ2n) is 8.14. The highest BCUT2D eigenvalue weighted by atomic mass is 19.1. The number of methoxy groups -OCH3 is 1. The van der Waals surface area contributed by atoms with Crippen LogP contribution < -0.4 is 14.8 Å². The Labute approximate surface area is 202 Å². The Balaban J connectivity index is 1.79. The third-order valence-electron chi connectivity index (χ3n) is 5.65. The van der Waals surface area contributed by atoms with Crippen molar-refractivity contribution in [3.63, 3.8) is 0 Å². The monoisotopic (exact) mass is 482 g/mol. The first-order chi connectivity index (χ1) is 16.6. The van der Waals surface area contributed by atoms with Crippen molar-refractivity contribution in [1.29, 1.82) is 0 Å². The molecule has 0 fully saturated rings. The van der Waals surface area contributed by atoms with E-state index in [0.29, 0.717) is 5.56 Å². The van der Waals surface area contributed by atoms with Gasteiger partial charge in [-0.05, 0) is 43.5 Å². The van der Waals surface area contributed by atoms with Crippen molar-refractivity contribution in [1.82, 2.24) is 5.32 Å². The summed E-state index contributed by atoms with van der Waals surface area (Å²) < 4.78 is 24.6. The van der Waals surface area contributed by atoms with E-state index in [1.54, 1.807) is 26.0 Å². The normalized spacial score (nSPS) is 13.4. The first kappa shape index (κ1) is 25.5. The molecule has 0 bridgehead atoms. The van der Waals surface area contributed by atoms with Crippen LogP contribution in [-0.2, 0) is 9.53 Å². The number of rotatable bonds is 8. The Hall–Kier alpha value is -4.14. The first-order valence-corrected chi connectivity index (χ1v) is 11.0. The molecular weight excluding hydrogens is 455 g/mol. The number of carbonyl (C=O) groups excluding carboxylic acids is 2. The molecule has 0 aliphatic rings. The van der Waals surface area contributed by atoms with Gasteiger partial charge in [0.15, 0.2) is 11.9 Å². The van der Waals surface area contributed by atoms with E-state index in [1.807, 2.05) is 30.3 Å². The molecule has 9 heteroatoms. The molecule has 1 heterocycles. The molecule has 0 saturated carbocycles. The predicted molar refractivity (Wildman–Crippen MR) is 126 cm³/mol. The first-order valence-electron chi connectivity index (χ1n) is 11.0. The van der Waals surface area contributed by atoms with E-state index in [1.165, 1.54) is 26.2 Å². The summed E-state index contributed by atoms with van der Waals surface area (Å²) in [7, 11) is 1.28. The average Bonchev–Trinajstić information content (AvgIpc) is 2.82. The standard InChI is InChI=1S/C26H27FN2O6/c1-15-14-19(10-11-20(15)27)22(18-8-6-5-7-9-18)17(3)35-26(32)16(2)28-25(31)23-24(30)21(34-4)12-13-29(23)33/h5-14,16-17,22,30H,1-4H3,(H,28,31)/t16-,17-,22-/m0/s1. The molecule has 2 aromatic carbocycles. The lowest BCUT2D eigenvalue weighted by Gasteiger charge is -2.27. The van der Waals surface area contributed by atoms with E-state index in [9.17, 15) is 24.3 Å². The van der Waals surface area contributed by atoms with Gasteiger partial charge in [0.2, 0.25) is 5.75 Å². The van der Waals surface area contributed by atoms with Crippen LogP contribution in [0.2, 0.25) is 0 Å². The second-order valence-corrected chi connectivity index (χ2v) is 8.14. The minimum Gasteiger partial charge on any atom is -0.618 e. The van der Waals surface area contributed by atoms with Crippen molar-refractivity contribution in [3.05, 3.63) is 94.2 Å². The molecule has 1 amide bonds. The number of ether oxygens (including phenoxy) is 2. The molecule has 0 saturated heterocycles.